The largest absolute Gasteiger partial charge is 0.300 e. The van der Waals surface area contributed by atoms with Gasteiger partial charge in [0.05, 0.1) is 12.6 Å². The standard InChI is InChI=1S/C13H18N4/c14-4-7-17-10-8-16(9-11-17)6-3-13-2-1-5-15-12-13/h1-2,5,12H,3,6-11H2. The summed E-state index contributed by atoms with van der Waals surface area (Å²) in [5, 5.41) is 8.62. The van der Waals surface area contributed by atoms with E-state index in [-0.39, 0.29) is 0 Å². The highest BCUT2D eigenvalue weighted by Crippen LogP contribution is 2.04. The fourth-order valence-electron chi connectivity index (χ4n) is 2.10. The van der Waals surface area contributed by atoms with Crippen molar-refractivity contribution in [1.29, 1.82) is 5.26 Å². The summed E-state index contributed by atoms with van der Waals surface area (Å²) in [4.78, 5) is 8.79. The van der Waals surface area contributed by atoms with Crippen LogP contribution in [0.1, 0.15) is 5.56 Å². The van der Waals surface area contributed by atoms with E-state index >= 15 is 0 Å². The van der Waals surface area contributed by atoms with Crippen LogP contribution in [0.2, 0.25) is 0 Å². The number of piperazine rings is 1. The number of nitrogens with zero attached hydrogens (tertiary/aromatic N) is 4. The highest BCUT2D eigenvalue weighted by molar-refractivity contribution is 5.08. The molecule has 0 aliphatic carbocycles. The maximum absolute atomic E-state index is 8.62. The number of hydrogen-bond donors (Lipinski definition) is 0. The van der Waals surface area contributed by atoms with Gasteiger partial charge in [0.15, 0.2) is 0 Å². The van der Waals surface area contributed by atoms with E-state index in [2.05, 4.69) is 26.9 Å². The number of hydrogen-bond acceptors (Lipinski definition) is 4. The zero-order valence-electron chi connectivity index (χ0n) is 10.0. The predicted octanol–water partition coefficient (Wildman–Crippen LogP) is 0.765. The van der Waals surface area contributed by atoms with Crippen LogP contribution < -0.4 is 0 Å². The molecule has 0 saturated carbocycles. The van der Waals surface area contributed by atoms with Gasteiger partial charge in [-0.3, -0.25) is 9.88 Å². The molecule has 0 bridgehead atoms. The monoisotopic (exact) mass is 230 g/mol. The molecule has 0 N–H and O–H groups in total. The lowest BCUT2D eigenvalue weighted by atomic mass is 10.2. The molecule has 0 amide bonds. The Morgan fingerprint density at radius 3 is 2.65 bits per heavy atom. The SMILES string of the molecule is N#CCN1CCN(CCc2cccnc2)CC1. The second-order valence-electron chi connectivity index (χ2n) is 4.39. The molecule has 1 fully saturated rings. The average molecular weight is 230 g/mol. The number of rotatable bonds is 4. The van der Waals surface area contributed by atoms with Crippen LogP contribution in [0.5, 0.6) is 0 Å². The van der Waals surface area contributed by atoms with Crippen LogP contribution in [-0.2, 0) is 6.42 Å². The van der Waals surface area contributed by atoms with Gasteiger partial charge in [0.25, 0.3) is 0 Å². The molecule has 17 heavy (non-hydrogen) atoms. The van der Waals surface area contributed by atoms with Crippen LogP contribution in [0, 0.1) is 11.3 Å². The van der Waals surface area contributed by atoms with E-state index in [0.29, 0.717) is 6.54 Å². The van der Waals surface area contributed by atoms with E-state index in [1.807, 2.05) is 18.5 Å². The van der Waals surface area contributed by atoms with Crippen molar-refractivity contribution in [3.63, 3.8) is 0 Å². The first-order valence-corrected chi connectivity index (χ1v) is 6.09. The van der Waals surface area contributed by atoms with Crippen LogP contribution in [0.25, 0.3) is 0 Å². The fourth-order valence-corrected chi connectivity index (χ4v) is 2.10. The highest BCUT2D eigenvalue weighted by atomic mass is 15.3. The Morgan fingerprint density at radius 1 is 1.24 bits per heavy atom. The molecule has 0 spiro atoms. The fraction of sp³-hybridized carbons (Fsp3) is 0.538. The predicted molar refractivity (Wildman–Crippen MR) is 66.4 cm³/mol. The van der Waals surface area contributed by atoms with Crippen LogP contribution in [0.15, 0.2) is 24.5 Å². The molecular formula is C13H18N4. The molecule has 4 nitrogen and oxygen atoms in total. The van der Waals surface area contributed by atoms with E-state index in [0.717, 1.165) is 39.1 Å². The molecule has 0 atom stereocenters. The van der Waals surface area contributed by atoms with Gasteiger partial charge in [-0.15, -0.1) is 0 Å². The summed E-state index contributed by atoms with van der Waals surface area (Å²) < 4.78 is 0. The van der Waals surface area contributed by atoms with Crippen molar-refractivity contribution < 1.29 is 0 Å². The molecule has 1 aliphatic rings. The van der Waals surface area contributed by atoms with E-state index in [1.165, 1.54) is 5.56 Å². The van der Waals surface area contributed by atoms with Gasteiger partial charge in [-0.25, -0.2) is 0 Å². The molecule has 0 aromatic carbocycles. The lowest BCUT2D eigenvalue weighted by Gasteiger charge is -2.33. The summed E-state index contributed by atoms with van der Waals surface area (Å²) >= 11 is 0. The average Bonchev–Trinajstić information content (AvgIpc) is 2.40. The van der Waals surface area contributed by atoms with E-state index in [4.69, 9.17) is 5.26 Å². The minimum absolute atomic E-state index is 0.566. The molecule has 2 heterocycles. The van der Waals surface area contributed by atoms with E-state index in [9.17, 15) is 0 Å². The molecular weight excluding hydrogens is 212 g/mol. The summed E-state index contributed by atoms with van der Waals surface area (Å²) in [5.41, 5.74) is 1.30. The highest BCUT2D eigenvalue weighted by Gasteiger charge is 2.15. The quantitative estimate of drug-likeness (QED) is 0.716. The van der Waals surface area contributed by atoms with Crippen molar-refractivity contribution >= 4 is 0 Å². The Kier molecular flexibility index (Phi) is 4.48. The van der Waals surface area contributed by atoms with Gasteiger partial charge in [0.2, 0.25) is 0 Å². The minimum atomic E-state index is 0.566. The van der Waals surface area contributed by atoms with E-state index < -0.39 is 0 Å². The van der Waals surface area contributed by atoms with Gasteiger partial charge in [0.1, 0.15) is 0 Å². The maximum Gasteiger partial charge on any atom is 0.0866 e. The first-order chi connectivity index (χ1) is 8.38. The Hall–Kier alpha value is -1.44. The van der Waals surface area contributed by atoms with Gasteiger partial charge in [-0.05, 0) is 18.1 Å². The lowest BCUT2D eigenvalue weighted by Crippen LogP contribution is -2.46. The molecule has 1 aromatic heterocycles. The lowest BCUT2D eigenvalue weighted by molar-refractivity contribution is 0.145. The topological polar surface area (TPSA) is 43.2 Å². The number of aromatic nitrogens is 1. The zero-order chi connectivity index (χ0) is 11.9. The Labute approximate surface area is 102 Å². The molecule has 1 aromatic rings. The van der Waals surface area contributed by atoms with Crippen molar-refractivity contribution in [3.8, 4) is 6.07 Å². The van der Waals surface area contributed by atoms with Crippen LogP contribution in [-0.4, -0.2) is 54.1 Å². The molecule has 2 rings (SSSR count). The molecule has 1 aliphatic heterocycles. The summed E-state index contributed by atoms with van der Waals surface area (Å²) in [6, 6.07) is 6.32. The smallest absolute Gasteiger partial charge is 0.0866 e. The molecule has 90 valence electrons. The normalized spacial score (nSPS) is 17.8. The number of pyridine rings is 1. The summed E-state index contributed by atoms with van der Waals surface area (Å²) in [6.45, 7) is 5.83. The second kappa shape index (κ2) is 6.33. The van der Waals surface area contributed by atoms with E-state index in [1.54, 1.807) is 0 Å². The second-order valence-corrected chi connectivity index (χ2v) is 4.39. The van der Waals surface area contributed by atoms with Gasteiger partial charge in [0, 0.05) is 45.1 Å². The molecule has 0 unspecified atom stereocenters. The third-order valence-corrected chi connectivity index (χ3v) is 3.20. The number of nitriles is 1. The Balaban J connectivity index is 1.70. The van der Waals surface area contributed by atoms with Crippen LogP contribution in [0.3, 0.4) is 0 Å². The van der Waals surface area contributed by atoms with Gasteiger partial charge in [-0.2, -0.15) is 5.26 Å². The van der Waals surface area contributed by atoms with Crippen molar-refractivity contribution in [2.75, 3.05) is 39.3 Å². The Bertz CT molecular complexity index is 363. The first-order valence-electron chi connectivity index (χ1n) is 6.09. The first kappa shape index (κ1) is 12.0. The summed E-state index contributed by atoms with van der Waals surface area (Å²) in [5.74, 6) is 0. The maximum atomic E-state index is 8.62. The Morgan fingerprint density at radius 2 is 2.00 bits per heavy atom. The zero-order valence-corrected chi connectivity index (χ0v) is 10.0. The van der Waals surface area contributed by atoms with Crippen molar-refractivity contribution in [2.24, 2.45) is 0 Å². The van der Waals surface area contributed by atoms with Crippen molar-refractivity contribution in [3.05, 3.63) is 30.1 Å². The van der Waals surface area contributed by atoms with Crippen molar-refractivity contribution in [1.82, 2.24) is 14.8 Å². The molecule has 0 radical (unpaired) electrons. The van der Waals surface area contributed by atoms with Crippen LogP contribution in [0.4, 0.5) is 0 Å². The summed E-state index contributed by atoms with van der Waals surface area (Å²) in [6.07, 6.45) is 4.81. The molecule has 1 saturated heterocycles. The minimum Gasteiger partial charge on any atom is -0.300 e. The van der Waals surface area contributed by atoms with Gasteiger partial charge >= 0.3 is 0 Å². The summed E-state index contributed by atoms with van der Waals surface area (Å²) in [7, 11) is 0. The van der Waals surface area contributed by atoms with Gasteiger partial charge in [-0.1, -0.05) is 6.07 Å². The van der Waals surface area contributed by atoms with Gasteiger partial charge < -0.3 is 4.90 Å². The van der Waals surface area contributed by atoms with Crippen molar-refractivity contribution in [2.45, 2.75) is 6.42 Å². The third-order valence-electron chi connectivity index (χ3n) is 3.20. The van der Waals surface area contributed by atoms with Crippen LogP contribution >= 0.6 is 0 Å². The molecule has 4 heteroatoms. The third kappa shape index (κ3) is 3.81.